The van der Waals surface area contributed by atoms with Crippen LogP contribution >= 0.6 is 11.8 Å². The van der Waals surface area contributed by atoms with Gasteiger partial charge in [0.2, 0.25) is 15.9 Å². The number of thioether (sulfide) groups is 1. The predicted molar refractivity (Wildman–Crippen MR) is 122 cm³/mol. The van der Waals surface area contributed by atoms with Gasteiger partial charge < -0.3 is 9.88 Å². The number of amides is 1. The predicted octanol–water partition coefficient (Wildman–Crippen LogP) is 3.52. The number of fused-ring (bicyclic) bond motifs is 2. The van der Waals surface area contributed by atoms with Gasteiger partial charge in [-0.15, -0.1) is 11.8 Å². The second kappa shape index (κ2) is 9.21. The fraction of sp³-hybridized carbons (Fsp3) is 0.364. The first-order valence-corrected chi connectivity index (χ1v) is 13.0. The summed E-state index contributed by atoms with van der Waals surface area (Å²) in [6, 6.07) is 9.40. The average Bonchev–Trinajstić information content (AvgIpc) is 3.09. The van der Waals surface area contributed by atoms with E-state index in [2.05, 4.69) is 10.3 Å². The van der Waals surface area contributed by atoms with Crippen LogP contribution in [-0.4, -0.2) is 29.6 Å². The van der Waals surface area contributed by atoms with E-state index in [1.807, 2.05) is 17.6 Å². The summed E-state index contributed by atoms with van der Waals surface area (Å²) in [5, 5.41) is 8.28. The Hall–Kier alpha value is -2.43. The SMILES string of the molecule is CCCn1c(CCC(=O)N[C@H]2CCSc3c(F)cccc32)nc2cc(S(N)(=O)=O)ccc21. The summed E-state index contributed by atoms with van der Waals surface area (Å²) in [4.78, 5) is 17.9. The summed E-state index contributed by atoms with van der Waals surface area (Å²) in [7, 11) is -3.82. The monoisotopic (exact) mass is 476 g/mol. The van der Waals surface area contributed by atoms with Gasteiger partial charge in [-0.1, -0.05) is 19.1 Å². The topological polar surface area (TPSA) is 107 Å². The van der Waals surface area contributed by atoms with Gasteiger partial charge in [-0.2, -0.15) is 0 Å². The summed E-state index contributed by atoms with van der Waals surface area (Å²) in [5.74, 6) is 1.09. The molecular weight excluding hydrogens is 451 g/mol. The van der Waals surface area contributed by atoms with Crippen molar-refractivity contribution in [1.82, 2.24) is 14.9 Å². The first kappa shape index (κ1) is 22.8. The van der Waals surface area contributed by atoms with Gasteiger partial charge in [-0.05, 0) is 42.7 Å². The summed E-state index contributed by atoms with van der Waals surface area (Å²) < 4.78 is 39.4. The second-order valence-corrected chi connectivity index (χ2v) is 10.5. The molecule has 1 aromatic heterocycles. The van der Waals surface area contributed by atoms with Crippen molar-refractivity contribution in [1.29, 1.82) is 0 Å². The number of halogens is 1. The molecule has 170 valence electrons. The maximum absolute atomic E-state index is 14.1. The fourth-order valence-electron chi connectivity index (χ4n) is 4.03. The van der Waals surface area contributed by atoms with E-state index in [4.69, 9.17) is 5.14 Å². The number of sulfonamides is 1. The molecule has 1 amide bonds. The molecular formula is C22H25FN4O3S2. The Balaban J connectivity index is 1.51. The number of primary sulfonamides is 1. The summed E-state index contributed by atoms with van der Waals surface area (Å²) >= 11 is 1.48. The minimum Gasteiger partial charge on any atom is -0.349 e. The first-order chi connectivity index (χ1) is 15.3. The van der Waals surface area contributed by atoms with Gasteiger partial charge in [-0.3, -0.25) is 4.79 Å². The molecule has 1 aliphatic heterocycles. The third-order valence-corrected chi connectivity index (χ3v) is 7.58. The van der Waals surface area contributed by atoms with Crippen molar-refractivity contribution in [3.05, 3.63) is 53.6 Å². The molecule has 3 aromatic rings. The van der Waals surface area contributed by atoms with E-state index >= 15 is 0 Å². The highest BCUT2D eigenvalue weighted by molar-refractivity contribution is 7.99. The van der Waals surface area contributed by atoms with Crippen LogP contribution in [0.3, 0.4) is 0 Å². The van der Waals surface area contributed by atoms with Gasteiger partial charge in [0.25, 0.3) is 0 Å². The fourth-order valence-corrected chi connectivity index (χ4v) is 5.70. The number of hydrogen-bond acceptors (Lipinski definition) is 5. The minimum atomic E-state index is -3.82. The van der Waals surface area contributed by atoms with Crippen LogP contribution in [0.15, 0.2) is 46.2 Å². The van der Waals surface area contributed by atoms with Crippen molar-refractivity contribution >= 4 is 38.7 Å². The number of hydrogen-bond donors (Lipinski definition) is 2. The molecule has 10 heteroatoms. The molecule has 7 nitrogen and oxygen atoms in total. The standard InChI is InChI=1S/C22H25FN4O3S2/c1-2-11-27-19-7-6-14(32(24,29)30)13-18(19)25-20(27)8-9-21(28)26-17-10-12-31-22-15(17)4-3-5-16(22)23/h3-7,13,17H,2,8-12H2,1H3,(H,26,28)(H2,24,29,30)/t17-/m0/s1. The zero-order valence-electron chi connectivity index (χ0n) is 17.7. The van der Waals surface area contributed by atoms with Crippen molar-refractivity contribution in [3.63, 3.8) is 0 Å². The van der Waals surface area contributed by atoms with Gasteiger partial charge in [0, 0.05) is 30.0 Å². The number of carbonyl (C=O) groups is 1. The number of rotatable bonds is 7. The molecule has 0 radical (unpaired) electrons. The lowest BCUT2D eigenvalue weighted by atomic mass is 10.0. The van der Waals surface area contributed by atoms with Crippen LogP contribution in [0.1, 0.15) is 43.6 Å². The average molecular weight is 477 g/mol. The van der Waals surface area contributed by atoms with E-state index in [9.17, 15) is 17.6 Å². The lowest BCUT2D eigenvalue weighted by Crippen LogP contribution is -2.31. The third-order valence-electron chi connectivity index (χ3n) is 5.51. The molecule has 4 rings (SSSR count). The molecule has 0 bridgehead atoms. The molecule has 1 atom stereocenters. The molecule has 0 fully saturated rings. The van der Waals surface area contributed by atoms with Crippen LogP contribution in [0.25, 0.3) is 11.0 Å². The Labute approximate surface area is 190 Å². The summed E-state index contributed by atoms with van der Waals surface area (Å²) in [6.45, 7) is 2.74. The number of aryl methyl sites for hydroxylation is 2. The third kappa shape index (κ3) is 4.67. The number of aromatic nitrogens is 2. The van der Waals surface area contributed by atoms with Crippen LogP contribution in [0.2, 0.25) is 0 Å². The zero-order chi connectivity index (χ0) is 22.9. The summed E-state index contributed by atoms with van der Waals surface area (Å²) in [6.07, 6.45) is 2.24. The highest BCUT2D eigenvalue weighted by atomic mass is 32.2. The quantitative estimate of drug-likeness (QED) is 0.543. The molecule has 32 heavy (non-hydrogen) atoms. The van der Waals surface area contributed by atoms with E-state index in [0.717, 1.165) is 29.7 Å². The van der Waals surface area contributed by atoms with Crippen LogP contribution in [-0.2, 0) is 27.8 Å². The number of benzene rings is 2. The van der Waals surface area contributed by atoms with Crippen LogP contribution in [0.4, 0.5) is 4.39 Å². The Morgan fingerprint density at radius 2 is 2.16 bits per heavy atom. The van der Waals surface area contributed by atoms with E-state index in [1.165, 1.54) is 30.0 Å². The van der Waals surface area contributed by atoms with Crippen LogP contribution < -0.4 is 10.5 Å². The molecule has 0 saturated heterocycles. The molecule has 0 spiro atoms. The van der Waals surface area contributed by atoms with E-state index in [-0.39, 0.29) is 29.1 Å². The molecule has 2 aromatic carbocycles. The van der Waals surface area contributed by atoms with Gasteiger partial charge in [0.1, 0.15) is 11.6 Å². The lowest BCUT2D eigenvalue weighted by molar-refractivity contribution is -0.121. The maximum Gasteiger partial charge on any atom is 0.238 e. The zero-order valence-corrected chi connectivity index (χ0v) is 19.3. The molecule has 1 aliphatic rings. The Morgan fingerprint density at radius 3 is 2.91 bits per heavy atom. The van der Waals surface area contributed by atoms with Crippen molar-refractivity contribution in [2.24, 2.45) is 5.14 Å². The molecule has 2 heterocycles. The Morgan fingerprint density at radius 1 is 1.34 bits per heavy atom. The highest BCUT2D eigenvalue weighted by Gasteiger charge is 2.24. The second-order valence-electron chi connectivity index (χ2n) is 7.79. The largest absolute Gasteiger partial charge is 0.349 e. The molecule has 0 saturated carbocycles. The van der Waals surface area contributed by atoms with Gasteiger partial charge >= 0.3 is 0 Å². The van der Waals surface area contributed by atoms with Crippen molar-refractivity contribution in [3.8, 4) is 0 Å². The van der Waals surface area contributed by atoms with Gasteiger partial charge in [0.15, 0.2) is 0 Å². The normalized spacial score (nSPS) is 16.2. The maximum atomic E-state index is 14.1. The molecule has 3 N–H and O–H groups in total. The number of carbonyl (C=O) groups excluding carboxylic acids is 1. The highest BCUT2D eigenvalue weighted by Crippen LogP contribution is 2.37. The first-order valence-electron chi connectivity index (χ1n) is 10.5. The van der Waals surface area contributed by atoms with Crippen molar-refractivity contribution in [2.75, 3.05) is 5.75 Å². The molecule has 0 aliphatic carbocycles. The lowest BCUT2D eigenvalue weighted by Gasteiger charge is -2.26. The van der Waals surface area contributed by atoms with E-state index in [0.29, 0.717) is 29.2 Å². The summed E-state index contributed by atoms with van der Waals surface area (Å²) in [5.41, 5.74) is 2.17. The number of imidazole rings is 1. The Bertz CT molecular complexity index is 1270. The number of nitrogens with one attached hydrogen (secondary N) is 1. The van der Waals surface area contributed by atoms with E-state index < -0.39 is 10.0 Å². The minimum absolute atomic E-state index is 0.0107. The number of nitrogens with two attached hydrogens (primary N) is 1. The van der Waals surface area contributed by atoms with Crippen molar-refractivity contribution in [2.45, 2.75) is 55.0 Å². The van der Waals surface area contributed by atoms with Crippen LogP contribution in [0.5, 0.6) is 0 Å². The smallest absolute Gasteiger partial charge is 0.238 e. The van der Waals surface area contributed by atoms with E-state index in [1.54, 1.807) is 12.1 Å². The Kier molecular flexibility index (Phi) is 6.55. The van der Waals surface area contributed by atoms with Crippen LogP contribution in [0, 0.1) is 5.82 Å². The molecule has 0 unspecified atom stereocenters. The van der Waals surface area contributed by atoms with Gasteiger partial charge in [0.05, 0.1) is 22.0 Å². The van der Waals surface area contributed by atoms with Crippen molar-refractivity contribution < 1.29 is 17.6 Å². The van der Waals surface area contributed by atoms with Gasteiger partial charge in [-0.25, -0.2) is 22.9 Å². The number of nitrogens with zero attached hydrogens (tertiary/aromatic N) is 2.